The van der Waals surface area contributed by atoms with Crippen LogP contribution in [0.3, 0.4) is 0 Å². The van der Waals surface area contributed by atoms with Crippen LogP contribution >= 0.6 is 0 Å². The van der Waals surface area contributed by atoms with Crippen molar-refractivity contribution in [3.05, 3.63) is 42.5 Å². The zero-order chi connectivity index (χ0) is 7.68. The Labute approximate surface area is 86.8 Å². The summed E-state index contributed by atoms with van der Waals surface area (Å²) in [6, 6.07) is 13.3. The largest absolute Gasteiger partial charge is 0.508 e. The van der Waals surface area contributed by atoms with E-state index in [0.29, 0.717) is 5.75 Å². The van der Waals surface area contributed by atoms with Crippen molar-refractivity contribution in [3.8, 4) is 5.75 Å². The van der Waals surface area contributed by atoms with Crippen molar-refractivity contribution >= 4 is 10.8 Å². The van der Waals surface area contributed by atoms with Crippen LogP contribution in [0, 0.1) is 0 Å². The van der Waals surface area contributed by atoms with Crippen molar-refractivity contribution in [1.29, 1.82) is 0 Å². The molecule has 0 bridgehead atoms. The summed E-state index contributed by atoms with van der Waals surface area (Å²) in [5.74, 6) is 0.323. The van der Waals surface area contributed by atoms with Gasteiger partial charge in [0, 0.05) is 0 Å². The smallest absolute Gasteiger partial charge is 0.116 e. The Morgan fingerprint density at radius 1 is 0.667 bits per heavy atom. The van der Waals surface area contributed by atoms with Gasteiger partial charge >= 0.3 is 0 Å². The van der Waals surface area contributed by atoms with Gasteiger partial charge < -0.3 is 27.0 Å². The highest BCUT2D eigenvalue weighted by Crippen LogP contribution is 2.18. The maximum atomic E-state index is 9.13. The summed E-state index contributed by atoms with van der Waals surface area (Å²) in [6.07, 6.45) is 0. The summed E-state index contributed by atoms with van der Waals surface area (Å²) >= 11 is 0. The molecule has 2 aromatic carbocycles. The van der Waals surface area contributed by atoms with Gasteiger partial charge in [-0.05, 0) is 22.9 Å². The molecule has 0 fully saturated rings. The first-order valence-corrected chi connectivity index (χ1v) is 3.54. The fourth-order valence-electron chi connectivity index (χ4n) is 1.18. The van der Waals surface area contributed by atoms with E-state index in [4.69, 9.17) is 5.11 Å². The molecule has 5 nitrogen and oxygen atoms in total. The lowest BCUT2D eigenvalue weighted by atomic mass is 10.1. The van der Waals surface area contributed by atoms with Gasteiger partial charge in [0.2, 0.25) is 0 Å². The highest BCUT2D eigenvalue weighted by molar-refractivity contribution is 5.83. The second-order valence-corrected chi connectivity index (χ2v) is 2.53. The van der Waals surface area contributed by atoms with E-state index in [2.05, 4.69) is 0 Å². The van der Waals surface area contributed by atoms with Crippen molar-refractivity contribution in [2.75, 3.05) is 0 Å². The number of aromatic hydroxyl groups is 1. The van der Waals surface area contributed by atoms with Gasteiger partial charge in [-0.15, -0.1) is 0 Å². The van der Waals surface area contributed by atoms with Crippen LogP contribution in [0.4, 0.5) is 0 Å². The fraction of sp³-hybridized carbons (Fsp3) is 0. The minimum absolute atomic E-state index is 0. The Morgan fingerprint density at radius 3 is 1.80 bits per heavy atom. The van der Waals surface area contributed by atoms with Crippen molar-refractivity contribution < 1.29 is 27.0 Å². The topological polar surface area (TPSA) is 146 Å². The standard InChI is InChI=1S/C10H8O.4H2O/c11-10-6-5-8-3-1-2-4-9(8)7-10;;;;/h1-7,11H;4*1H2. The van der Waals surface area contributed by atoms with Crippen molar-refractivity contribution in [3.63, 3.8) is 0 Å². The highest BCUT2D eigenvalue weighted by Gasteiger charge is 1.91. The van der Waals surface area contributed by atoms with Crippen LogP contribution in [0.5, 0.6) is 5.75 Å². The fourth-order valence-corrected chi connectivity index (χ4v) is 1.18. The van der Waals surface area contributed by atoms with E-state index in [1.807, 2.05) is 30.3 Å². The van der Waals surface area contributed by atoms with Crippen LogP contribution < -0.4 is 0 Å². The first-order valence-electron chi connectivity index (χ1n) is 3.54. The average Bonchev–Trinajstić information content (AvgIpc) is 2.04. The number of fused-ring (bicyclic) bond motifs is 1. The summed E-state index contributed by atoms with van der Waals surface area (Å²) < 4.78 is 0. The molecule has 0 unspecified atom stereocenters. The predicted molar refractivity (Wildman–Crippen MR) is 60.1 cm³/mol. The third-order valence-corrected chi connectivity index (χ3v) is 1.73. The van der Waals surface area contributed by atoms with Gasteiger partial charge in [0.1, 0.15) is 5.75 Å². The Bertz CT molecular complexity index is 388. The minimum atomic E-state index is 0. The summed E-state index contributed by atoms with van der Waals surface area (Å²) in [5, 5.41) is 11.4. The average molecular weight is 216 g/mol. The minimum Gasteiger partial charge on any atom is -0.508 e. The number of phenols is 1. The quantitative estimate of drug-likeness (QED) is 0.606. The van der Waals surface area contributed by atoms with Gasteiger partial charge in [-0.25, -0.2) is 0 Å². The molecule has 0 aliphatic rings. The molecule has 0 amide bonds. The van der Waals surface area contributed by atoms with Gasteiger partial charge in [0.05, 0.1) is 0 Å². The van der Waals surface area contributed by atoms with Crippen LogP contribution in [0.2, 0.25) is 0 Å². The lowest BCUT2D eigenvalue weighted by Crippen LogP contribution is -1.69. The van der Waals surface area contributed by atoms with Gasteiger partial charge in [0.15, 0.2) is 0 Å². The molecule has 15 heavy (non-hydrogen) atoms. The lowest BCUT2D eigenvalue weighted by Gasteiger charge is -1.96. The zero-order valence-corrected chi connectivity index (χ0v) is 7.99. The van der Waals surface area contributed by atoms with E-state index < -0.39 is 0 Å². The molecule has 0 radical (unpaired) electrons. The third kappa shape index (κ3) is 3.92. The SMILES string of the molecule is O.O.O.O.Oc1ccc2ccccc2c1. The molecule has 0 spiro atoms. The van der Waals surface area contributed by atoms with Crippen LogP contribution in [0.1, 0.15) is 0 Å². The van der Waals surface area contributed by atoms with Crippen molar-refractivity contribution in [2.24, 2.45) is 0 Å². The molecule has 9 N–H and O–H groups in total. The molecule has 0 aliphatic carbocycles. The second-order valence-electron chi connectivity index (χ2n) is 2.53. The number of benzene rings is 2. The van der Waals surface area contributed by atoms with E-state index in [-0.39, 0.29) is 21.9 Å². The van der Waals surface area contributed by atoms with E-state index >= 15 is 0 Å². The van der Waals surface area contributed by atoms with Gasteiger partial charge in [-0.1, -0.05) is 30.3 Å². The molecule has 2 rings (SSSR count). The molecule has 0 heterocycles. The molecule has 5 heteroatoms. The van der Waals surface area contributed by atoms with E-state index in [0.717, 1.165) is 10.8 Å². The monoisotopic (exact) mass is 216 g/mol. The Morgan fingerprint density at radius 2 is 1.20 bits per heavy atom. The van der Waals surface area contributed by atoms with Gasteiger partial charge in [-0.2, -0.15) is 0 Å². The van der Waals surface area contributed by atoms with E-state index in [9.17, 15) is 0 Å². The van der Waals surface area contributed by atoms with Crippen LogP contribution in [-0.4, -0.2) is 27.0 Å². The molecular formula is C10H16O5. The van der Waals surface area contributed by atoms with Crippen LogP contribution in [-0.2, 0) is 0 Å². The normalized spacial score (nSPS) is 7.47. The molecular weight excluding hydrogens is 200 g/mol. The second kappa shape index (κ2) is 7.72. The molecule has 0 saturated carbocycles. The predicted octanol–water partition coefficient (Wildman–Crippen LogP) is -0.753. The Kier molecular flexibility index (Phi) is 9.77. The summed E-state index contributed by atoms with van der Waals surface area (Å²) in [5.41, 5.74) is 0. The lowest BCUT2D eigenvalue weighted by molar-refractivity contribution is 0.476. The maximum absolute atomic E-state index is 9.13. The summed E-state index contributed by atoms with van der Waals surface area (Å²) in [6.45, 7) is 0. The van der Waals surface area contributed by atoms with Crippen molar-refractivity contribution in [1.82, 2.24) is 0 Å². The summed E-state index contributed by atoms with van der Waals surface area (Å²) in [7, 11) is 0. The summed E-state index contributed by atoms with van der Waals surface area (Å²) in [4.78, 5) is 0. The van der Waals surface area contributed by atoms with Crippen molar-refractivity contribution in [2.45, 2.75) is 0 Å². The van der Waals surface area contributed by atoms with E-state index in [1.54, 1.807) is 12.1 Å². The Balaban J connectivity index is -0.000000360. The number of phenolic OH excluding ortho intramolecular Hbond substituents is 1. The molecule has 0 atom stereocenters. The van der Waals surface area contributed by atoms with Gasteiger partial charge in [-0.3, -0.25) is 0 Å². The number of hydrogen-bond donors (Lipinski definition) is 1. The highest BCUT2D eigenvalue weighted by atomic mass is 16.3. The Hall–Kier alpha value is -1.66. The first-order chi connectivity index (χ1) is 5.36. The maximum Gasteiger partial charge on any atom is 0.116 e. The molecule has 0 aromatic heterocycles. The third-order valence-electron chi connectivity index (χ3n) is 1.73. The van der Waals surface area contributed by atoms with Gasteiger partial charge in [0.25, 0.3) is 0 Å². The zero-order valence-electron chi connectivity index (χ0n) is 7.99. The molecule has 0 saturated heterocycles. The molecule has 86 valence electrons. The molecule has 0 aliphatic heterocycles. The number of hydrogen-bond acceptors (Lipinski definition) is 1. The van der Waals surface area contributed by atoms with Crippen LogP contribution in [0.25, 0.3) is 10.8 Å². The first kappa shape index (κ1) is 19.0. The van der Waals surface area contributed by atoms with E-state index in [1.165, 1.54) is 0 Å². The van der Waals surface area contributed by atoms with Crippen LogP contribution in [0.15, 0.2) is 42.5 Å². The molecule has 2 aromatic rings. The number of rotatable bonds is 0.